The van der Waals surface area contributed by atoms with Gasteiger partial charge in [-0.05, 0) is 48.0 Å². The van der Waals surface area contributed by atoms with E-state index in [0.717, 1.165) is 26.2 Å². The predicted molar refractivity (Wildman–Crippen MR) is 127 cm³/mol. The molecule has 0 bridgehead atoms. The first-order chi connectivity index (χ1) is 15.7. The second kappa shape index (κ2) is 8.56. The van der Waals surface area contributed by atoms with Crippen molar-refractivity contribution < 1.29 is 9.53 Å². The van der Waals surface area contributed by atoms with E-state index in [4.69, 9.17) is 14.7 Å². The summed E-state index contributed by atoms with van der Waals surface area (Å²) in [5, 5.41) is 3.59. The van der Waals surface area contributed by atoms with Gasteiger partial charge in [0.2, 0.25) is 11.8 Å². The second-order valence-corrected chi connectivity index (χ2v) is 8.13. The number of anilines is 1. The molecular formula is C25H18N4O2S. The van der Waals surface area contributed by atoms with Crippen molar-refractivity contribution in [3.63, 3.8) is 0 Å². The van der Waals surface area contributed by atoms with Crippen LogP contribution in [0.15, 0.2) is 85.2 Å². The highest BCUT2D eigenvalue weighted by Gasteiger charge is 2.16. The standard InChI is InChI=1S/C25H18N4O2S/c1-16(30)27-19-9-11-20(12-10-19)31-24-21-14-22(17-6-3-2-4-7-17)32-25(21)29-23(28-24)18-8-5-13-26-15-18/h2-15H,1H3,(H,27,30). The van der Waals surface area contributed by atoms with Gasteiger partial charge in [0, 0.05) is 35.4 Å². The summed E-state index contributed by atoms with van der Waals surface area (Å²) in [5.74, 6) is 1.52. The minimum absolute atomic E-state index is 0.121. The summed E-state index contributed by atoms with van der Waals surface area (Å²) in [6.45, 7) is 1.48. The van der Waals surface area contributed by atoms with Gasteiger partial charge in [0.05, 0.1) is 5.39 Å². The van der Waals surface area contributed by atoms with Crippen LogP contribution in [0.3, 0.4) is 0 Å². The topological polar surface area (TPSA) is 77.0 Å². The van der Waals surface area contributed by atoms with Crippen LogP contribution in [0, 0.1) is 0 Å². The lowest BCUT2D eigenvalue weighted by atomic mass is 10.2. The van der Waals surface area contributed by atoms with Crippen LogP contribution in [-0.4, -0.2) is 20.9 Å². The van der Waals surface area contributed by atoms with Crippen LogP contribution in [0.25, 0.3) is 32.0 Å². The Labute approximate surface area is 188 Å². The van der Waals surface area contributed by atoms with Gasteiger partial charge in [-0.3, -0.25) is 9.78 Å². The lowest BCUT2D eigenvalue weighted by Crippen LogP contribution is -2.05. The zero-order valence-corrected chi connectivity index (χ0v) is 18.0. The summed E-state index contributed by atoms with van der Waals surface area (Å²) in [7, 11) is 0. The Morgan fingerprint density at radius 3 is 2.44 bits per heavy atom. The zero-order valence-electron chi connectivity index (χ0n) is 17.1. The van der Waals surface area contributed by atoms with Gasteiger partial charge >= 0.3 is 0 Å². The first-order valence-electron chi connectivity index (χ1n) is 9.98. The smallest absolute Gasteiger partial charge is 0.231 e. The first kappa shape index (κ1) is 19.8. The molecule has 0 aliphatic heterocycles. The molecule has 0 aliphatic carbocycles. The van der Waals surface area contributed by atoms with Crippen LogP contribution in [-0.2, 0) is 4.79 Å². The number of rotatable bonds is 5. The van der Waals surface area contributed by atoms with E-state index >= 15 is 0 Å². The molecule has 0 atom stereocenters. The number of amides is 1. The van der Waals surface area contributed by atoms with Gasteiger partial charge in [0.1, 0.15) is 10.6 Å². The molecule has 0 fully saturated rings. The number of pyridine rings is 1. The lowest BCUT2D eigenvalue weighted by molar-refractivity contribution is -0.114. The van der Waals surface area contributed by atoms with Crippen molar-refractivity contribution in [2.45, 2.75) is 6.92 Å². The summed E-state index contributed by atoms with van der Waals surface area (Å²) in [4.78, 5) is 26.9. The number of thiophene rings is 1. The van der Waals surface area contributed by atoms with Crippen LogP contribution in [0.4, 0.5) is 5.69 Å². The number of fused-ring (bicyclic) bond motifs is 1. The summed E-state index contributed by atoms with van der Waals surface area (Å²) in [6, 6.07) is 23.2. The van der Waals surface area contributed by atoms with Gasteiger partial charge in [-0.25, -0.2) is 4.98 Å². The fourth-order valence-electron chi connectivity index (χ4n) is 3.26. The Kier molecular flexibility index (Phi) is 5.31. The highest BCUT2D eigenvalue weighted by molar-refractivity contribution is 7.21. The fourth-order valence-corrected chi connectivity index (χ4v) is 4.29. The normalized spacial score (nSPS) is 10.8. The summed E-state index contributed by atoms with van der Waals surface area (Å²) < 4.78 is 6.19. The molecule has 5 rings (SSSR count). The molecule has 32 heavy (non-hydrogen) atoms. The van der Waals surface area contributed by atoms with Crippen LogP contribution in [0.5, 0.6) is 11.6 Å². The molecule has 6 nitrogen and oxygen atoms in total. The van der Waals surface area contributed by atoms with E-state index in [1.54, 1.807) is 48.0 Å². The van der Waals surface area contributed by atoms with E-state index in [1.165, 1.54) is 6.92 Å². The van der Waals surface area contributed by atoms with Crippen molar-refractivity contribution in [3.8, 4) is 33.5 Å². The highest BCUT2D eigenvalue weighted by atomic mass is 32.1. The van der Waals surface area contributed by atoms with E-state index in [9.17, 15) is 4.79 Å². The molecular weight excluding hydrogens is 420 g/mol. The number of benzene rings is 2. The molecule has 0 radical (unpaired) electrons. The van der Waals surface area contributed by atoms with Crippen molar-refractivity contribution in [2.24, 2.45) is 0 Å². The summed E-state index contributed by atoms with van der Waals surface area (Å²) in [5.41, 5.74) is 2.63. The van der Waals surface area contributed by atoms with Crippen molar-refractivity contribution >= 4 is 33.1 Å². The molecule has 2 aromatic carbocycles. The number of hydrogen-bond acceptors (Lipinski definition) is 6. The van der Waals surface area contributed by atoms with E-state index < -0.39 is 0 Å². The minimum atomic E-state index is -0.121. The average Bonchev–Trinajstić information content (AvgIpc) is 3.26. The maximum atomic E-state index is 11.3. The van der Waals surface area contributed by atoms with E-state index in [-0.39, 0.29) is 5.91 Å². The fraction of sp³-hybridized carbons (Fsp3) is 0.0400. The second-order valence-electron chi connectivity index (χ2n) is 7.10. The van der Waals surface area contributed by atoms with Gasteiger partial charge in [-0.2, -0.15) is 4.98 Å². The quantitative estimate of drug-likeness (QED) is 0.355. The Balaban J connectivity index is 1.59. The van der Waals surface area contributed by atoms with Crippen LogP contribution in [0.1, 0.15) is 6.92 Å². The third-order valence-corrected chi connectivity index (χ3v) is 5.80. The molecule has 3 aromatic heterocycles. The number of ether oxygens (including phenoxy) is 1. The van der Waals surface area contributed by atoms with E-state index in [2.05, 4.69) is 28.5 Å². The zero-order chi connectivity index (χ0) is 21.9. The Hall–Kier alpha value is -4.10. The maximum absolute atomic E-state index is 11.3. The van der Waals surface area contributed by atoms with Crippen molar-refractivity contribution in [1.82, 2.24) is 15.0 Å². The Morgan fingerprint density at radius 1 is 0.938 bits per heavy atom. The Bertz CT molecular complexity index is 1380. The van der Waals surface area contributed by atoms with Crippen LogP contribution < -0.4 is 10.1 Å². The molecule has 1 N–H and O–H groups in total. The van der Waals surface area contributed by atoms with E-state index in [1.807, 2.05) is 30.3 Å². The van der Waals surface area contributed by atoms with Gasteiger partial charge < -0.3 is 10.1 Å². The van der Waals surface area contributed by atoms with Gasteiger partial charge in [0.15, 0.2) is 5.82 Å². The van der Waals surface area contributed by atoms with Crippen molar-refractivity contribution in [3.05, 3.63) is 85.2 Å². The summed E-state index contributed by atoms with van der Waals surface area (Å²) in [6.07, 6.45) is 3.45. The Morgan fingerprint density at radius 2 is 1.72 bits per heavy atom. The molecule has 1 amide bonds. The average molecular weight is 439 g/mol. The number of hydrogen-bond donors (Lipinski definition) is 1. The molecule has 0 aliphatic rings. The first-order valence-corrected chi connectivity index (χ1v) is 10.8. The predicted octanol–water partition coefficient (Wildman–Crippen LogP) is 6.17. The van der Waals surface area contributed by atoms with Gasteiger partial charge in [-0.15, -0.1) is 11.3 Å². The van der Waals surface area contributed by atoms with Crippen LogP contribution >= 0.6 is 11.3 Å². The van der Waals surface area contributed by atoms with Crippen molar-refractivity contribution in [1.29, 1.82) is 0 Å². The third kappa shape index (κ3) is 4.19. The lowest BCUT2D eigenvalue weighted by Gasteiger charge is -2.09. The number of carbonyl (C=O) groups is 1. The number of nitrogens with zero attached hydrogens (tertiary/aromatic N) is 3. The number of aromatic nitrogens is 3. The van der Waals surface area contributed by atoms with Crippen LogP contribution in [0.2, 0.25) is 0 Å². The molecule has 3 heterocycles. The molecule has 7 heteroatoms. The highest BCUT2D eigenvalue weighted by Crippen LogP contribution is 2.39. The number of carbonyl (C=O) groups excluding carboxylic acids is 1. The molecule has 0 saturated heterocycles. The monoisotopic (exact) mass is 438 g/mol. The minimum Gasteiger partial charge on any atom is -0.438 e. The molecule has 0 unspecified atom stereocenters. The van der Waals surface area contributed by atoms with E-state index in [0.29, 0.717) is 23.1 Å². The summed E-state index contributed by atoms with van der Waals surface area (Å²) >= 11 is 1.59. The molecule has 156 valence electrons. The van der Waals surface area contributed by atoms with Crippen molar-refractivity contribution in [2.75, 3.05) is 5.32 Å². The molecule has 0 spiro atoms. The number of nitrogens with one attached hydrogen (secondary N) is 1. The SMILES string of the molecule is CC(=O)Nc1ccc(Oc2nc(-c3cccnc3)nc3sc(-c4ccccc4)cc23)cc1. The van der Waals surface area contributed by atoms with Gasteiger partial charge in [0.25, 0.3) is 0 Å². The molecule has 0 saturated carbocycles. The largest absolute Gasteiger partial charge is 0.438 e. The maximum Gasteiger partial charge on any atom is 0.231 e. The molecule has 5 aromatic rings. The third-order valence-electron chi connectivity index (χ3n) is 4.73. The van der Waals surface area contributed by atoms with Gasteiger partial charge in [-0.1, -0.05) is 30.3 Å².